The van der Waals surface area contributed by atoms with Crippen LogP contribution in [-0.2, 0) is 0 Å². The minimum atomic E-state index is 0.477. The Kier molecular flexibility index (Phi) is 4.43. The second-order valence-electron chi connectivity index (χ2n) is 4.80. The van der Waals surface area contributed by atoms with Gasteiger partial charge in [0.25, 0.3) is 0 Å². The quantitative estimate of drug-likeness (QED) is 0.775. The van der Waals surface area contributed by atoms with Crippen molar-refractivity contribution in [1.82, 2.24) is 5.32 Å². The maximum atomic E-state index is 5.75. The molecule has 0 spiro atoms. The molecule has 0 amide bonds. The molecule has 0 aliphatic heterocycles. The van der Waals surface area contributed by atoms with Crippen molar-refractivity contribution in [3.05, 3.63) is 29.8 Å². The molecule has 1 aromatic carbocycles. The van der Waals surface area contributed by atoms with E-state index in [4.69, 9.17) is 4.74 Å². The molecule has 1 N–H and O–H groups in total. The second kappa shape index (κ2) is 6.06. The van der Waals surface area contributed by atoms with Crippen molar-refractivity contribution in [3.63, 3.8) is 0 Å². The van der Waals surface area contributed by atoms with Crippen LogP contribution in [0.25, 0.3) is 0 Å². The average molecular weight is 233 g/mol. The van der Waals surface area contributed by atoms with Crippen molar-refractivity contribution in [1.29, 1.82) is 0 Å². The predicted octanol–water partition coefficient (Wildman–Crippen LogP) is 3.68. The Morgan fingerprint density at radius 2 is 1.94 bits per heavy atom. The van der Waals surface area contributed by atoms with Gasteiger partial charge in [-0.2, -0.15) is 0 Å². The Morgan fingerprint density at radius 1 is 1.24 bits per heavy atom. The Bertz CT molecular complexity index is 329. The number of ether oxygens (including phenoxy) is 1. The van der Waals surface area contributed by atoms with Crippen molar-refractivity contribution >= 4 is 0 Å². The third kappa shape index (κ3) is 3.74. The molecular formula is C15H23NO. The first-order chi connectivity index (χ1) is 8.33. The van der Waals surface area contributed by atoms with Crippen molar-refractivity contribution in [3.8, 4) is 5.75 Å². The van der Waals surface area contributed by atoms with Gasteiger partial charge in [-0.1, -0.05) is 26.0 Å². The van der Waals surface area contributed by atoms with Gasteiger partial charge in [-0.05, 0) is 49.9 Å². The van der Waals surface area contributed by atoms with Gasteiger partial charge in [-0.15, -0.1) is 0 Å². The topological polar surface area (TPSA) is 21.3 Å². The highest BCUT2D eigenvalue weighted by atomic mass is 16.5. The molecule has 0 aromatic heterocycles. The Labute approximate surface area is 104 Å². The van der Waals surface area contributed by atoms with Crippen LogP contribution in [0.1, 0.15) is 51.1 Å². The monoisotopic (exact) mass is 233 g/mol. The van der Waals surface area contributed by atoms with Gasteiger partial charge < -0.3 is 10.1 Å². The zero-order valence-corrected chi connectivity index (χ0v) is 10.9. The zero-order valence-electron chi connectivity index (χ0n) is 10.9. The SMILES string of the molecule is CCCNC(CC)c1ccc(OC2CC2)cc1. The fourth-order valence-corrected chi connectivity index (χ4v) is 1.97. The van der Waals surface area contributed by atoms with Gasteiger partial charge in [-0.25, -0.2) is 0 Å². The lowest BCUT2D eigenvalue weighted by Gasteiger charge is -2.17. The average Bonchev–Trinajstić information content (AvgIpc) is 3.16. The number of rotatable bonds is 7. The Hall–Kier alpha value is -1.02. The summed E-state index contributed by atoms with van der Waals surface area (Å²) in [4.78, 5) is 0. The predicted molar refractivity (Wildman–Crippen MR) is 71.4 cm³/mol. The van der Waals surface area contributed by atoms with Gasteiger partial charge in [-0.3, -0.25) is 0 Å². The lowest BCUT2D eigenvalue weighted by Crippen LogP contribution is -2.21. The minimum Gasteiger partial charge on any atom is -0.490 e. The van der Waals surface area contributed by atoms with E-state index in [1.807, 2.05) is 0 Å². The number of hydrogen-bond acceptors (Lipinski definition) is 2. The second-order valence-corrected chi connectivity index (χ2v) is 4.80. The summed E-state index contributed by atoms with van der Waals surface area (Å²) >= 11 is 0. The molecule has 0 heterocycles. The van der Waals surface area contributed by atoms with E-state index in [2.05, 4.69) is 43.4 Å². The molecule has 1 atom stereocenters. The first-order valence-electron chi connectivity index (χ1n) is 6.83. The first-order valence-corrected chi connectivity index (χ1v) is 6.83. The van der Waals surface area contributed by atoms with E-state index in [0.29, 0.717) is 12.1 Å². The Morgan fingerprint density at radius 3 is 2.47 bits per heavy atom. The van der Waals surface area contributed by atoms with Gasteiger partial charge in [0.2, 0.25) is 0 Å². The van der Waals surface area contributed by atoms with Gasteiger partial charge in [0.1, 0.15) is 5.75 Å². The molecular weight excluding hydrogens is 210 g/mol. The zero-order chi connectivity index (χ0) is 12.1. The van der Waals surface area contributed by atoms with Gasteiger partial charge in [0, 0.05) is 6.04 Å². The number of hydrogen-bond donors (Lipinski definition) is 1. The van der Waals surface area contributed by atoms with Gasteiger partial charge in [0.15, 0.2) is 0 Å². The molecule has 1 saturated carbocycles. The van der Waals surface area contributed by atoms with E-state index in [1.54, 1.807) is 0 Å². The highest BCUT2D eigenvalue weighted by Crippen LogP contribution is 2.27. The van der Waals surface area contributed by atoms with Crippen LogP contribution in [0.2, 0.25) is 0 Å². The van der Waals surface area contributed by atoms with E-state index in [9.17, 15) is 0 Å². The molecule has 94 valence electrons. The van der Waals surface area contributed by atoms with Crippen LogP contribution >= 0.6 is 0 Å². The van der Waals surface area contributed by atoms with Crippen LogP contribution in [0.3, 0.4) is 0 Å². The largest absolute Gasteiger partial charge is 0.490 e. The highest BCUT2D eigenvalue weighted by Gasteiger charge is 2.23. The smallest absolute Gasteiger partial charge is 0.119 e. The van der Waals surface area contributed by atoms with Crippen molar-refractivity contribution in [2.75, 3.05) is 6.54 Å². The molecule has 1 aliphatic carbocycles. The Balaban J connectivity index is 1.93. The van der Waals surface area contributed by atoms with Crippen LogP contribution in [0.5, 0.6) is 5.75 Å². The lowest BCUT2D eigenvalue weighted by molar-refractivity contribution is 0.303. The summed E-state index contributed by atoms with van der Waals surface area (Å²) in [5, 5.41) is 3.57. The van der Waals surface area contributed by atoms with Crippen molar-refractivity contribution in [2.45, 2.75) is 51.7 Å². The summed E-state index contributed by atoms with van der Waals surface area (Å²) in [6.45, 7) is 5.51. The molecule has 1 fully saturated rings. The normalized spacial score (nSPS) is 16.8. The highest BCUT2D eigenvalue weighted by molar-refractivity contribution is 5.29. The van der Waals surface area contributed by atoms with Crippen LogP contribution in [0.15, 0.2) is 24.3 Å². The molecule has 1 aromatic rings. The molecule has 2 nitrogen and oxygen atoms in total. The van der Waals surface area contributed by atoms with E-state index in [1.165, 1.54) is 24.8 Å². The molecule has 0 radical (unpaired) electrons. The molecule has 0 bridgehead atoms. The first kappa shape index (κ1) is 12.4. The maximum Gasteiger partial charge on any atom is 0.119 e. The van der Waals surface area contributed by atoms with Gasteiger partial charge >= 0.3 is 0 Å². The molecule has 0 saturated heterocycles. The molecule has 2 rings (SSSR count). The molecule has 2 heteroatoms. The number of nitrogens with one attached hydrogen (secondary N) is 1. The molecule has 17 heavy (non-hydrogen) atoms. The fraction of sp³-hybridized carbons (Fsp3) is 0.600. The summed E-state index contributed by atoms with van der Waals surface area (Å²) in [7, 11) is 0. The summed E-state index contributed by atoms with van der Waals surface area (Å²) in [6.07, 6.45) is 5.23. The molecule has 1 aliphatic rings. The lowest BCUT2D eigenvalue weighted by atomic mass is 10.0. The van der Waals surface area contributed by atoms with E-state index < -0.39 is 0 Å². The van der Waals surface area contributed by atoms with Gasteiger partial charge in [0.05, 0.1) is 6.10 Å². The van der Waals surface area contributed by atoms with Crippen LogP contribution in [-0.4, -0.2) is 12.6 Å². The van der Waals surface area contributed by atoms with E-state index in [0.717, 1.165) is 18.7 Å². The summed E-state index contributed by atoms with van der Waals surface area (Å²) < 4.78 is 5.75. The molecule has 1 unspecified atom stereocenters. The minimum absolute atomic E-state index is 0.477. The number of benzene rings is 1. The summed E-state index contributed by atoms with van der Waals surface area (Å²) in [6, 6.07) is 9.06. The maximum absolute atomic E-state index is 5.75. The van der Waals surface area contributed by atoms with Crippen LogP contribution in [0, 0.1) is 0 Å². The van der Waals surface area contributed by atoms with E-state index >= 15 is 0 Å². The summed E-state index contributed by atoms with van der Waals surface area (Å²) in [5.41, 5.74) is 1.36. The summed E-state index contributed by atoms with van der Waals surface area (Å²) in [5.74, 6) is 1.02. The fourth-order valence-electron chi connectivity index (χ4n) is 1.97. The van der Waals surface area contributed by atoms with E-state index in [-0.39, 0.29) is 0 Å². The third-order valence-corrected chi connectivity index (χ3v) is 3.16. The van der Waals surface area contributed by atoms with Crippen LogP contribution < -0.4 is 10.1 Å². The third-order valence-electron chi connectivity index (χ3n) is 3.16. The van der Waals surface area contributed by atoms with Crippen molar-refractivity contribution in [2.24, 2.45) is 0 Å². The standard InChI is InChI=1S/C15H23NO/c1-3-11-16-15(4-2)12-5-7-13(8-6-12)17-14-9-10-14/h5-8,14-16H,3-4,9-11H2,1-2H3. The van der Waals surface area contributed by atoms with Crippen LogP contribution in [0.4, 0.5) is 0 Å². The van der Waals surface area contributed by atoms with Crippen molar-refractivity contribution < 1.29 is 4.74 Å².